The number of rotatable bonds is 6. The second-order valence-corrected chi connectivity index (χ2v) is 5.70. The van der Waals surface area contributed by atoms with Gasteiger partial charge < -0.3 is 10.4 Å². The molecule has 2 aliphatic rings. The van der Waals surface area contributed by atoms with E-state index >= 15 is 0 Å². The van der Waals surface area contributed by atoms with Gasteiger partial charge in [-0.15, -0.1) is 0 Å². The number of carbonyl (C=O) groups excluding carboxylic acids is 1. The third-order valence-corrected chi connectivity index (χ3v) is 4.30. The van der Waals surface area contributed by atoms with Crippen molar-refractivity contribution in [2.45, 2.75) is 51.4 Å². The van der Waals surface area contributed by atoms with E-state index in [1.807, 2.05) is 0 Å². The molecule has 96 valence electrons. The number of amides is 1. The summed E-state index contributed by atoms with van der Waals surface area (Å²) in [5.41, 5.74) is -0.152. The predicted octanol–water partition coefficient (Wildman–Crippen LogP) is 1.94. The summed E-state index contributed by atoms with van der Waals surface area (Å²) in [5.74, 6) is -0.0730. The topological polar surface area (TPSA) is 66.4 Å². The molecule has 0 radical (unpaired) electrons. The van der Waals surface area contributed by atoms with Crippen molar-refractivity contribution >= 4 is 11.9 Å². The van der Waals surface area contributed by atoms with Gasteiger partial charge in [0.25, 0.3) is 0 Å². The lowest BCUT2D eigenvalue weighted by Gasteiger charge is -2.41. The molecule has 2 aliphatic carbocycles. The Hall–Kier alpha value is -1.06. The van der Waals surface area contributed by atoms with Crippen LogP contribution in [0.15, 0.2) is 0 Å². The van der Waals surface area contributed by atoms with Gasteiger partial charge in [0.15, 0.2) is 0 Å². The Kier molecular flexibility index (Phi) is 3.69. The minimum Gasteiger partial charge on any atom is -0.481 e. The number of carbonyl (C=O) groups is 2. The standard InChI is InChI=1S/C13H21NO3/c15-11(7-10-3-1-4-10)14-9-13(5-2-6-13)8-12(16)17/h10H,1-9H2,(H,14,15)(H,16,17). The van der Waals surface area contributed by atoms with Crippen LogP contribution in [0, 0.1) is 11.3 Å². The van der Waals surface area contributed by atoms with E-state index < -0.39 is 5.97 Å². The Morgan fingerprint density at radius 1 is 1.24 bits per heavy atom. The second kappa shape index (κ2) is 5.07. The van der Waals surface area contributed by atoms with Crippen LogP contribution >= 0.6 is 0 Å². The summed E-state index contributed by atoms with van der Waals surface area (Å²) < 4.78 is 0. The Morgan fingerprint density at radius 2 is 1.94 bits per heavy atom. The molecule has 0 aromatic heterocycles. The molecule has 0 unspecified atom stereocenters. The highest BCUT2D eigenvalue weighted by molar-refractivity contribution is 5.76. The van der Waals surface area contributed by atoms with Crippen LogP contribution in [0.1, 0.15) is 51.4 Å². The molecule has 0 aromatic rings. The minimum absolute atomic E-state index is 0.103. The minimum atomic E-state index is -0.752. The number of nitrogens with one attached hydrogen (secondary N) is 1. The molecule has 0 bridgehead atoms. The number of carboxylic acid groups (broad SMARTS) is 1. The summed E-state index contributed by atoms with van der Waals surface area (Å²) in [6.07, 6.45) is 7.37. The summed E-state index contributed by atoms with van der Waals surface area (Å²) in [4.78, 5) is 22.4. The van der Waals surface area contributed by atoms with Crippen molar-refractivity contribution in [3.05, 3.63) is 0 Å². The fourth-order valence-electron chi connectivity index (χ4n) is 2.73. The van der Waals surface area contributed by atoms with Gasteiger partial charge in [0.2, 0.25) is 5.91 Å². The predicted molar refractivity (Wildman–Crippen MR) is 63.5 cm³/mol. The van der Waals surface area contributed by atoms with Gasteiger partial charge in [0.05, 0.1) is 6.42 Å². The molecule has 0 spiro atoms. The zero-order chi connectivity index (χ0) is 12.3. The molecule has 0 saturated heterocycles. The third kappa shape index (κ3) is 3.20. The van der Waals surface area contributed by atoms with Crippen LogP contribution in [-0.4, -0.2) is 23.5 Å². The molecule has 2 rings (SSSR count). The average Bonchev–Trinajstić information content (AvgIpc) is 2.15. The Bertz CT molecular complexity index is 306. The summed E-state index contributed by atoms with van der Waals surface area (Å²) in [6, 6.07) is 0. The van der Waals surface area contributed by atoms with Crippen molar-refractivity contribution in [2.75, 3.05) is 6.54 Å². The first-order chi connectivity index (χ1) is 8.10. The number of carboxylic acids is 1. The summed E-state index contributed by atoms with van der Waals surface area (Å²) in [6.45, 7) is 0.546. The summed E-state index contributed by atoms with van der Waals surface area (Å²) >= 11 is 0. The molecule has 2 N–H and O–H groups in total. The van der Waals surface area contributed by atoms with E-state index in [4.69, 9.17) is 5.11 Å². The van der Waals surface area contributed by atoms with Crippen molar-refractivity contribution in [1.29, 1.82) is 0 Å². The Labute approximate surface area is 102 Å². The van der Waals surface area contributed by atoms with Crippen LogP contribution in [0.3, 0.4) is 0 Å². The van der Waals surface area contributed by atoms with E-state index in [-0.39, 0.29) is 17.7 Å². The van der Waals surface area contributed by atoms with Gasteiger partial charge in [0.1, 0.15) is 0 Å². The maximum absolute atomic E-state index is 11.7. The fourth-order valence-corrected chi connectivity index (χ4v) is 2.73. The molecule has 0 aliphatic heterocycles. The van der Waals surface area contributed by atoms with E-state index in [2.05, 4.69) is 5.32 Å². The third-order valence-electron chi connectivity index (χ3n) is 4.30. The molecule has 0 atom stereocenters. The van der Waals surface area contributed by atoms with E-state index in [0.717, 1.165) is 19.3 Å². The monoisotopic (exact) mass is 239 g/mol. The number of aliphatic carboxylic acids is 1. The maximum atomic E-state index is 11.7. The van der Waals surface area contributed by atoms with Crippen molar-refractivity contribution in [3.8, 4) is 0 Å². The summed E-state index contributed by atoms with van der Waals surface area (Å²) in [7, 11) is 0. The first-order valence-corrected chi connectivity index (χ1v) is 6.58. The van der Waals surface area contributed by atoms with Gasteiger partial charge in [-0.2, -0.15) is 0 Å². The highest BCUT2D eigenvalue weighted by atomic mass is 16.4. The first kappa shape index (κ1) is 12.4. The largest absolute Gasteiger partial charge is 0.481 e. The molecule has 0 heterocycles. The number of hydrogen-bond donors (Lipinski definition) is 2. The fraction of sp³-hybridized carbons (Fsp3) is 0.846. The maximum Gasteiger partial charge on any atom is 0.303 e. The zero-order valence-electron chi connectivity index (χ0n) is 10.2. The van der Waals surface area contributed by atoms with Crippen LogP contribution in [0.2, 0.25) is 0 Å². The summed E-state index contributed by atoms with van der Waals surface area (Å²) in [5, 5.41) is 11.8. The van der Waals surface area contributed by atoms with Crippen molar-refractivity contribution in [2.24, 2.45) is 11.3 Å². The Balaban J connectivity index is 1.71. The lowest BCUT2D eigenvalue weighted by Crippen LogP contribution is -2.44. The lowest BCUT2D eigenvalue weighted by molar-refractivity contribution is -0.142. The SMILES string of the molecule is O=C(O)CC1(CNC(=O)CC2CCC2)CCC1. The van der Waals surface area contributed by atoms with E-state index in [9.17, 15) is 9.59 Å². The van der Waals surface area contributed by atoms with Gasteiger partial charge in [-0.3, -0.25) is 9.59 Å². The molecule has 4 heteroatoms. The van der Waals surface area contributed by atoms with Crippen LogP contribution < -0.4 is 5.32 Å². The quantitative estimate of drug-likeness (QED) is 0.744. The van der Waals surface area contributed by atoms with Crippen LogP contribution in [0.25, 0.3) is 0 Å². The molecular weight excluding hydrogens is 218 g/mol. The normalized spacial score (nSPS) is 22.4. The first-order valence-electron chi connectivity index (χ1n) is 6.58. The smallest absolute Gasteiger partial charge is 0.303 e. The zero-order valence-corrected chi connectivity index (χ0v) is 10.2. The molecule has 2 saturated carbocycles. The van der Waals surface area contributed by atoms with Gasteiger partial charge >= 0.3 is 5.97 Å². The molecular formula is C13H21NO3. The molecule has 2 fully saturated rings. The van der Waals surface area contributed by atoms with Crippen molar-refractivity contribution in [3.63, 3.8) is 0 Å². The van der Waals surface area contributed by atoms with Gasteiger partial charge in [-0.1, -0.05) is 12.8 Å². The van der Waals surface area contributed by atoms with Gasteiger partial charge in [0, 0.05) is 13.0 Å². The van der Waals surface area contributed by atoms with Gasteiger partial charge in [-0.25, -0.2) is 0 Å². The second-order valence-electron chi connectivity index (χ2n) is 5.70. The highest BCUT2D eigenvalue weighted by Gasteiger charge is 2.39. The number of hydrogen-bond acceptors (Lipinski definition) is 2. The van der Waals surface area contributed by atoms with E-state index in [0.29, 0.717) is 18.9 Å². The van der Waals surface area contributed by atoms with Crippen LogP contribution in [0.5, 0.6) is 0 Å². The van der Waals surface area contributed by atoms with Crippen molar-refractivity contribution < 1.29 is 14.7 Å². The van der Waals surface area contributed by atoms with Crippen molar-refractivity contribution in [1.82, 2.24) is 5.32 Å². The molecule has 4 nitrogen and oxygen atoms in total. The molecule has 0 aromatic carbocycles. The van der Waals surface area contributed by atoms with E-state index in [1.54, 1.807) is 0 Å². The Morgan fingerprint density at radius 3 is 2.35 bits per heavy atom. The van der Waals surface area contributed by atoms with Crippen LogP contribution in [-0.2, 0) is 9.59 Å². The average molecular weight is 239 g/mol. The lowest BCUT2D eigenvalue weighted by atomic mass is 9.66. The molecule has 17 heavy (non-hydrogen) atoms. The molecule has 1 amide bonds. The van der Waals surface area contributed by atoms with Crippen LogP contribution in [0.4, 0.5) is 0 Å². The van der Waals surface area contributed by atoms with Gasteiger partial charge in [-0.05, 0) is 37.0 Å². The highest BCUT2D eigenvalue weighted by Crippen LogP contribution is 2.43. The van der Waals surface area contributed by atoms with E-state index in [1.165, 1.54) is 19.3 Å².